The minimum absolute atomic E-state index is 0.217. The van der Waals surface area contributed by atoms with Gasteiger partial charge in [0.2, 0.25) is 17.6 Å². The highest BCUT2D eigenvalue weighted by Crippen LogP contribution is 2.44. The molecule has 2 aliphatic heterocycles. The van der Waals surface area contributed by atoms with E-state index >= 15 is 4.39 Å². The van der Waals surface area contributed by atoms with E-state index in [2.05, 4.69) is 33.5 Å². The Hall–Kier alpha value is -4.47. The Morgan fingerprint density at radius 2 is 1.80 bits per heavy atom. The van der Waals surface area contributed by atoms with Gasteiger partial charge in [0.15, 0.2) is 0 Å². The molecular weight excluding hydrogens is 591 g/mol. The minimum Gasteiger partial charge on any atom is -0.370 e. The Balaban J connectivity index is 1.37. The van der Waals surface area contributed by atoms with Gasteiger partial charge in [-0.2, -0.15) is 4.98 Å². The number of aromatic nitrogens is 2. The summed E-state index contributed by atoms with van der Waals surface area (Å²) in [6.07, 6.45) is 3.42. The molecule has 2 N–H and O–H groups in total. The van der Waals surface area contributed by atoms with Crippen LogP contribution in [0.5, 0.6) is 0 Å². The molecule has 1 amide bonds. The third-order valence-electron chi connectivity index (χ3n) is 8.52. The summed E-state index contributed by atoms with van der Waals surface area (Å²) < 4.78 is 21.7. The lowest BCUT2D eigenvalue weighted by Gasteiger charge is -2.36. The largest absolute Gasteiger partial charge is 0.370 e. The van der Waals surface area contributed by atoms with Gasteiger partial charge >= 0.3 is 0 Å². The molecule has 2 aliphatic rings. The van der Waals surface area contributed by atoms with Crippen molar-refractivity contribution in [1.29, 1.82) is 0 Å². The zero-order chi connectivity index (χ0) is 31.5. The monoisotopic (exact) mass is 626 g/mol. The van der Waals surface area contributed by atoms with Gasteiger partial charge in [-0.3, -0.25) is 4.79 Å². The van der Waals surface area contributed by atoms with E-state index in [-0.39, 0.29) is 24.1 Å². The first kappa shape index (κ1) is 30.6. The van der Waals surface area contributed by atoms with Gasteiger partial charge in [0.05, 0.1) is 17.3 Å². The molecule has 1 aromatic heterocycles. The lowest BCUT2D eigenvalue weighted by Crippen LogP contribution is -2.44. The van der Waals surface area contributed by atoms with E-state index in [0.29, 0.717) is 58.5 Å². The highest BCUT2D eigenvalue weighted by Gasteiger charge is 2.30. The van der Waals surface area contributed by atoms with Crippen molar-refractivity contribution < 1.29 is 13.7 Å². The number of likely N-dealkylation sites (N-methyl/N-ethyl adjacent to an activating group) is 1. The van der Waals surface area contributed by atoms with Gasteiger partial charge in [0, 0.05) is 61.5 Å². The number of fused-ring (bicyclic) bond motifs is 1. The standard InChI is InChI=1S/C35H36ClFN6O2/c1-23-28-19-30(37)32(42-17-15-41(2)16-18-42)20-31(28)43(21-24-11-13-26(36)14-12-24)22-29(23)34-39-35(45-40-34)27(9-6-10-33(38)44)25-7-4-3-5-8-25/h3-5,7-8,11-14,19-20,22,27H,1,6,9-10,15-18,21H2,2H3,(H2,38,44). The minimum atomic E-state index is -0.348. The van der Waals surface area contributed by atoms with Crippen LogP contribution in [0.15, 0.2) is 84.0 Å². The smallest absolute Gasteiger partial charge is 0.234 e. The molecule has 0 saturated carbocycles. The van der Waals surface area contributed by atoms with Gasteiger partial charge in [-0.15, -0.1) is 0 Å². The van der Waals surface area contributed by atoms with Gasteiger partial charge < -0.3 is 25.0 Å². The topological polar surface area (TPSA) is 91.7 Å². The second-order valence-electron chi connectivity index (χ2n) is 11.7. The number of anilines is 2. The summed E-state index contributed by atoms with van der Waals surface area (Å²) in [5.41, 5.74) is 10.8. The van der Waals surface area contributed by atoms with Crippen LogP contribution < -0.4 is 15.5 Å². The van der Waals surface area contributed by atoms with Gasteiger partial charge in [-0.1, -0.05) is 65.8 Å². The van der Waals surface area contributed by atoms with Crippen molar-refractivity contribution in [3.05, 3.63) is 119 Å². The van der Waals surface area contributed by atoms with E-state index in [1.807, 2.05) is 66.9 Å². The van der Waals surface area contributed by atoms with Crippen molar-refractivity contribution in [2.24, 2.45) is 5.73 Å². The third-order valence-corrected chi connectivity index (χ3v) is 8.77. The summed E-state index contributed by atoms with van der Waals surface area (Å²) in [5, 5.41) is 5.03. The number of carbonyl (C=O) groups excluding carboxylic acids is 1. The number of halogens is 2. The molecule has 3 aromatic carbocycles. The molecule has 45 heavy (non-hydrogen) atoms. The molecule has 4 aromatic rings. The summed E-state index contributed by atoms with van der Waals surface area (Å²) in [7, 11) is 2.08. The van der Waals surface area contributed by atoms with E-state index in [9.17, 15) is 4.79 Å². The van der Waals surface area contributed by atoms with E-state index in [1.165, 1.54) is 0 Å². The molecule has 6 rings (SSSR count). The quantitative estimate of drug-likeness (QED) is 0.216. The van der Waals surface area contributed by atoms with Crippen molar-refractivity contribution >= 4 is 40.0 Å². The fourth-order valence-electron chi connectivity index (χ4n) is 5.96. The van der Waals surface area contributed by atoms with Gasteiger partial charge in [0.25, 0.3) is 0 Å². The fraction of sp³-hybridized carbons (Fsp3) is 0.286. The number of nitrogens with two attached hydrogens (primary N) is 1. The summed E-state index contributed by atoms with van der Waals surface area (Å²) in [5.74, 6) is -0.0638. The zero-order valence-corrected chi connectivity index (χ0v) is 26.0. The maximum absolute atomic E-state index is 15.8. The SMILES string of the molecule is C=C1C(c2noc(C(CCCC(N)=O)c3ccccc3)n2)=CN(Cc2ccc(Cl)cc2)c2cc(N3CCN(C)CC3)c(F)cc21. The first-order chi connectivity index (χ1) is 21.8. The maximum atomic E-state index is 15.8. The second kappa shape index (κ2) is 13.3. The third kappa shape index (κ3) is 6.79. The van der Waals surface area contributed by atoms with Crippen LogP contribution in [0, 0.1) is 5.82 Å². The van der Waals surface area contributed by atoms with E-state index < -0.39 is 0 Å². The Kier molecular flexibility index (Phi) is 9.00. The second-order valence-corrected chi connectivity index (χ2v) is 12.1. The van der Waals surface area contributed by atoms with Crippen molar-refractivity contribution in [3.63, 3.8) is 0 Å². The molecule has 1 atom stereocenters. The molecule has 10 heteroatoms. The normalized spacial score (nSPS) is 16.0. The van der Waals surface area contributed by atoms with Crippen LogP contribution in [0.3, 0.4) is 0 Å². The predicted molar refractivity (Wildman–Crippen MR) is 176 cm³/mol. The molecule has 0 bridgehead atoms. The molecule has 1 unspecified atom stereocenters. The zero-order valence-electron chi connectivity index (χ0n) is 25.3. The highest BCUT2D eigenvalue weighted by molar-refractivity contribution is 6.30. The van der Waals surface area contributed by atoms with Gasteiger partial charge in [-0.05, 0) is 60.9 Å². The van der Waals surface area contributed by atoms with Crippen molar-refractivity contribution in [2.45, 2.75) is 31.7 Å². The van der Waals surface area contributed by atoms with E-state index in [0.717, 1.165) is 43.0 Å². The average Bonchev–Trinajstić information content (AvgIpc) is 3.52. The Bertz CT molecular complexity index is 1710. The average molecular weight is 627 g/mol. The lowest BCUT2D eigenvalue weighted by atomic mass is 9.92. The van der Waals surface area contributed by atoms with Crippen LogP contribution in [0.4, 0.5) is 15.8 Å². The predicted octanol–water partition coefficient (Wildman–Crippen LogP) is 6.48. The summed E-state index contributed by atoms with van der Waals surface area (Å²) in [6.45, 7) is 8.12. The van der Waals surface area contributed by atoms with Crippen LogP contribution in [-0.4, -0.2) is 54.2 Å². The fourth-order valence-corrected chi connectivity index (χ4v) is 6.09. The number of amides is 1. The van der Waals surface area contributed by atoms with E-state index in [4.69, 9.17) is 26.8 Å². The number of allylic oxidation sites excluding steroid dienone is 2. The van der Waals surface area contributed by atoms with Crippen molar-refractivity contribution in [1.82, 2.24) is 15.0 Å². The molecule has 1 saturated heterocycles. The summed E-state index contributed by atoms with van der Waals surface area (Å²) in [6, 6.07) is 21.0. The molecule has 3 heterocycles. The lowest BCUT2D eigenvalue weighted by molar-refractivity contribution is -0.118. The van der Waals surface area contributed by atoms with Crippen LogP contribution in [0.25, 0.3) is 11.1 Å². The van der Waals surface area contributed by atoms with Crippen LogP contribution in [0.2, 0.25) is 5.02 Å². The molecule has 1 fully saturated rings. The molecule has 0 spiro atoms. The molecule has 0 radical (unpaired) electrons. The number of piperazine rings is 1. The van der Waals surface area contributed by atoms with Crippen LogP contribution in [0.1, 0.15) is 53.6 Å². The highest BCUT2D eigenvalue weighted by atomic mass is 35.5. The van der Waals surface area contributed by atoms with Gasteiger partial charge in [0.1, 0.15) is 5.82 Å². The molecule has 232 valence electrons. The Labute approximate surface area is 267 Å². The Morgan fingerprint density at radius 1 is 1.07 bits per heavy atom. The first-order valence-electron chi connectivity index (χ1n) is 15.1. The van der Waals surface area contributed by atoms with E-state index in [1.54, 1.807) is 6.07 Å². The molecule has 8 nitrogen and oxygen atoms in total. The van der Waals surface area contributed by atoms with Crippen molar-refractivity contribution in [3.8, 4) is 0 Å². The number of nitrogens with zero attached hydrogens (tertiary/aromatic N) is 5. The number of rotatable bonds is 10. The summed E-state index contributed by atoms with van der Waals surface area (Å²) in [4.78, 5) is 22.7. The van der Waals surface area contributed by atoms with Crippen LogP contribution >= 0.6 is 11.6 Å². The maximum Gasteiger partial charge on any atom is 0.234 e. The number of primary amides is 1. The number of carbonyl (C=O) groups is 1. The summed E-state index contributed by atoms with van der Waals surface area (Å²) >= 11 is 6.17. The number of hydrogen-bond acceptors (Lipinski definition) is 7. The molecular formula is C35H36ClFN6O2. The number of benzene rings is 3. The van der Waals surface area contributed by atoms with Crippen molar-refractivity contribution in [2.75, 3.05) is 43.0 Å². The van der Waals surface area contributed by atoms with Crippen LogP contribution in [-0.2, 0) is 11.3 Å². The Morgan fingerprint density at radius 3 is 2.51 bits per heavy atom. The number of hydrogen-bond donors (Lipinski definition) is 1. The first-order valence-corrected chi connectivity index (χ1v) is 15.5. The van der Waals surface area contributed by atoms with Gasteiger partial charge in [-0.25, -0.2) is 4.39 Å². The molecule has 0 aliphatic carbocycles.